The lowest BCUT2D eigenvalue weighted by Crippen LogP contribution is -2.46. The number of ether oxygens (including phenoxy) is 4. The van der Waals surface area contributed by atoms with E-state index in [-0.39, 0.29) is 36.8 Å². The number of rotatable bonds is 39. The first-order chi connectivity index (χ1) is 28.2. The number of alkyl carbamates (subject to hydrolysis) is 1. The Morgan fingerprint density at radius 3 is 1.22 bits per heavy atom. The average molecular weight is 918 g/mol. The van der Waals surface area contributed by atoms with E-state index < -0.39 is 34.1 Å². The van der Waals surface area contributed by atoms with Crippen molar-refractivity contribution in [2.45, 2.75) is 230 Å². The van der Waals surface area contributed by atoms with Gasteiger partial charge in [-0.3, -0.25) is 9.59 Å². The molecule has 13 heteroatoms. The fraction of sp³-hybridized carbons (Fsp3) is 0.913. The van der Waals surface area contributed by atoms with Gasteiger partial charge in [-0.05, 0) is 33.6 Å². The van der Waals surface area contributed by atoms with E-state index in [4.69, 9.17) is 53.8 Å². The number of thioether (sulfide) groups is 1. The van der Waals surface area contributed by atoms with Crippen molar-refractivity contribution in [2.75, 3.05) is 31.3 Å². The largest absolute Gasteiger partial charge is 0.465 e. The van der Waals surface area contributed by atoms with Gasteiger partial charge in [-0.1, -0.05) is 203 Å². The van der Waals surface area contributed by atoms with Crippen molar-refractivity contribution in [1.29, 1.82) is 0 Å². The molecule has 348 valence electrons. The van der Waals surface area contributed by atoms with Crippen LogP contribution in [0.5, 0.6) is 0 Å². The maximum absolute atomic E-state index is 13.0. The van der Waals surface area contributed by atoms with Crippen molar-refractivity contribution in [2.24, 2.45) is 5.92 Å². The molecular weight excluding hydrogens is 833 g/mol. The molecule has 0 bridgehead atoms. The first-order valence-corrected chi connectivity index (χ1v) is 25.6. The van der Waals surface area contributed by atoms with Gasteiger partial charge in [0.05, 0.1) is 13.2 Å². The highest BCUT2D eigenvalue weighted by Crippen LogP contribution is 2.26. The van der Waals surface area contributed by atoms with Crippen molar-refractivity contribution in [3.05, 3.63) is 0 Å². The third-order valence-corrected chi connectivity index (χ3v) is 11.5. The normalized spacial score (nSPS) is 12.4. The number of amides is 1. The molecule has 59 heavy (non-hydrogen) atoms. The molecule has 0 radical (unpaired) electrons. The molecular formula is C46H84Cl3NO8S. The van der Waals surface area contributed by atoms with Crippen molar-refractivity contribution >= 4 is 70.6 Å². The molecule has 0 aromatic carbocycles. The maximum Gasteiger partial charge on any atom is 0.408 e. The van der Waals surface area contributed by atoms with E-state index in [0.717, 1.165) is 38.5 Å². The van der Waals surface area contributed by atoms with Crippen LogP contribution in [0.3, 0.4) is 0 Å². The second-order valence-electron chi connectivity index (χ2n) is 17.2. The Balaban J connectivity index is 4.87. The summed E-state index contributed by atoms with van der Waals surface area (Å²) in [7, 11) is 0. The van der Waals surface area contributed by atoms with Gasteiger partial charge >= 0.3 is 24.0 Å². The van der Waals surface area contributed by atoms with Crippen LogP contribution in [0, 0.1) is 5.92 Å². The van der Waals surface area contributed by atoms with Crippen LogP contribution < -0.4 is 5.32 Å². The Morgan fingerprint density at radius 1 is 0.525 bits per heavy atom. The van der Waals surface area contributed by atoms with Gasteiger partial charge in [0.25, 0.3) is 0 Å². The van der Waals surface area contributed by atoms with Crippen molar-refractivity contribution in [3.63, 3.8) is 0 Å². The Bertz CT molecular complexity index is 1010. The molecule has 0 unspecified atom stereocenters. The Kier molecular flexibility index (Phi) is 37.8. The van der Waals surface area contributed by atoms with Gasteiger partial charge in [0.2, 0.25) is 3.79 Å². The molecule has 1 N–H and O–H groups in total. The maximum atomic E-state index is 13.0. The van der Waals surface area contributed by atoms with E-state index in [1.807, 2.05) is 0 Å². The minimum Gasteiger partial charge on any atom is -0.465 e. The summed E-state index contributed by atoms with van der Waals surface area (Å²) in [6.45, 7) is 9.33. The highest BCUT2D eigenvalue weighted by molar-refractivity contribution is 7.99. The molecule has 0 saturated carbocycles. The fourth-order valence-electron chi connectivity index (χ4n) is 6.51. The number of hydrogen-bond donors (Lipinski definition) is 1. The lowest BCUT2D eigenvalue weighted by molar-refractivity contribution is -0.156. The predicted octanol–water partition coefficient (Wildman–Crippen LogP) is 14.2. The summed E-state index contributed by atoms with van der Waals surface area (Å²) < 4.78 is 20.0. The summed E-state index contributed by atoms with van der Waals surface area (Å²) in [5.41, 5.74) is -0.797. The van der Waals surface area contributed by atoms with E-state index in [1.54, 1.807) is 20.8 Å². The SMILES string of the molecule is CCCCCCCCCCCCCCCC(=O)OCC(COC(=O)CCCCCCCCCCCCCCC)CSC[C@H](NC(=O)OCC(Cl)(Cl)Cl)C(=O)OC(C)(C)C. The second-order valence-corrected chi connectivity index (χ2v) is 20.8. The molecule has 0 rings (SSSR count). The van der Waals surface area contributed by atoms with Crippen LogP contribution in [0.4, 0.5) is 4.79 Å². The molecule has 0 fully saturated rings. The molecule has 0 saturated heterocycles. The highest BCUT2D eigenvalue weighted by atomic mass is 35.6. The van der Waals surface area contributed by atoms with Gasteiger partial charge in [-0.2, -0.15) is 11.8 Å². The molecule has 0 aliphatic rings. The number of nitrogens with one attached hydrogen (secondary N) is 1. The van der Waals surface area contributed by atoms with Gasteiger partial charge in [0.15, 0.2) is 0 Å². The van der Waals surface area contributed by atoms with Crippen LogP contribution in [-0.2, 0) is 33.3 Å². The summed E-state index contributed by atoms with van der Waals surface area (Å²) >= 11 is 18.5. The van der Waals surface area contributed by atoms with Crippen LogP contribution >= 0.6 is 46.6 Å². The fourth-order valence-corrected chi connectivity index (χ4v) is 7.79. The molecule has 0 heterocycles. The summed E-state index contributed by atoms with van der Waals surface area (Å²) in [6, 6.07) is -1.07. The van der Waals surface area contributed by atoms with E-state index in [9.17, 15) is 19.2 Å². The summed E-state index contributed by atoms with van der Waals surface area (Å²) in [4.78, 5) is 50.9. The molecule has 0 aromatic rings. The molecule has 0 spiro atoms. The lowest BCUT2D eigenvalue weighted by Gasteiger charge is -2.25. The van der Waals surface area contributed by atoms with E-state index >= 15 is 0 Å². The van der Waals surface area contributed by atoms with Crippen LogP contribution in [0.25, 0.3) is 0 Å². The van der Waals surface area contributed by atoms with Gasteiger partial charge in [0.1, 0.15) is 18.2 Å². The van der Waals surface area contributed by atoms with Crippen molar-refractivity contribution in [3.8, 4) is 0 Å². The van der Waals surface area contributed by atoms with Gasteiger partial charge in [0, 0.05) is 30.3 Å². The molecule has 0 aliphatic heterocycles. The number of esters is 3. The van der Waals surface area contributed by atoms with Crippen LogP contribution in [-0.4, -0.2) is 70.8 Å². The van der Waals surface area contributed by atoms with E-state index in [1.165, 1.54) is 140 Å². The quantitative estimate of drug-likeness (QED) is 0.0278. The zero-order chi connectivity index (χ0) is 44.0. The van der Waals surface area contributed by atoms with Crippen LogP contribution in [0.2, 0.25) is 0 Å². The van der Waals surface area contributed by atoms with E-state index in [0.29, 0.717) is 18.6 Å². The number of carbonyl (C=O) groups is 4. The molecule has 1 amide bonds. The zero-order valence-corrected chi connectivity index (χ0v) is 40.9. The van der Waals surface area contributed by atoms with Crippen molar-refractivity contribution in [1.82, 2.24) is 5.32 Å². The minimum absolute atomic E-state index is 0.0755. The predicted molar refractivity (Wildman–Crippen MR) is 248 cm³/mol. The zero-order valence-electron chi connectivity index (χ0n) is 37.8. The number of carbonyl (C=O) groups excluding carboxylic acids is 4. The number of halogens is 3. The van der Waals surface area contributed by atoms with Gasteiger partial charge in [-0.15, -0.1) is 0 Å². The number of alkyl halides is 3. The van der Waals surface area contributed by atoms with Crippen LogP contribution in [0.15, 0.2) is 0 Å². The minimum atomic E-state index is -1.81. The summed E-state index contributed by atoms with van der Waals surface area (Å²) in [5.74, 6) is -1.00. The first-order valence-electron chi connectivity index (χ1n) is 23.3. The highest BCUT2D eigenvalue weighted by Gasteiger charge is 2.29. The van der Waals surface area contributed by atoms with Crippen LogP contribution in [0.1, 0.15) is 214 Å². The smallest absolute Gasteiger partial charge is 0.408 e. The van der Waals surface area contributed by atoms with E-state index in [2.05, 4.69) is 19.2 Å². The average Bonchev–Trinajstić information content (AvgIpc) is 3.17. The summed E-state index contributed by atoms with van der Waals surface area (Å²) in [6.07, 6.45) is 31.7. The Hall–Kier alpha value is -1.10. The third kappa shape index (κ3) is 42.0. The molecule has 0 aromatic heterocycles. The Labute approximate surface area is 379 Å². The summed E-state index contributed by atoms with van der Waals surface area (Å²) in [5, 5.41) is 2.50. The molecule has 0 aliphatic carbocycles. The third-order valence-electron chi connectivity index (χ3n) is 9.92. The number of unbranched alkanes of at least 4 members (excludes halogenated alkanes) is 24. The topological polar surface area (TPSA) is 117 Å². The van der Waals surface area contributed by atoms with Gasteiger partial charge in [-0.25, -0.2) is 9.59 Å². The monoisotopic (exact) mass is 915 g/mol. The molecule has 1 atom stereocenters. The standard InChI is InChI=1S/C46H84Cl3NO8S/c1-6-8-10-12-14-16-18-20-22-24-26-28-30-32-41(51)55-34-39(35-56-42(52)33-31-29-27-25-23-21-19-17-15-13-11-9-7-2)36-59-37-40(43(53)58-45(3,4)5)50-44(54)57-38-46(47,48)49/h39-40H,6-38H2,1-5H3,(H,50,54)/t40-/m0/s1. The Morgan fingerprint density at radius 2 is 0.881 bits per heavy atom. The first kappa shape index (κ1) is 57.9. The van der Waals surface area contributed by atoms with Gasteiger partial charge < -0.3 is 24.3 Å². The number of hydrogen-bond acceptors (Lipinski definition) is 9. The van der Waals surface area contributed by atoms with Crippen molar-refractivity contribution < 1.29 is 38.1 Å². The molecule has 9 nitrogen and oxygen atoms in total. The lowest BCUT2D eigenvalue weighted by atomic mass is 10.0. The second kappa shape index (κ2) is 38.6.